The van der Waals surface area contributed by atoms with E-state index >= 15 is 0 Å². The van der Waals surface area contributed by atoms with Gasteiger partial charge in [0.2, 0.25) is 0 Å². The number of thiazole rings is 1. The second-order valence-corrected chi connectivity index (χ2v) is 7.68. The molecule has 0 atom stereocenters. The molecule has 1 N–H and O–H groups in total. The Morgan fingerprint density at radius 2 is 1.88 bits per heavy atom. The summed E-state index contributed by atoms with van der Waals surface area (Å²) in [6.45, 7) is 1.89. The van der Waals surface area contributed by atoms with Crippen LogP contribution in [0.5, 0.6) is 0 Å². The molecule has 1 saturated heterocycles. The average molecular weight is 357 g/mol. The molecular weight excluding hydrogens is 342 g/mol. The van der Waals surface area contributed by atoms with Crippen LogP contribution in [0.4, 0.5) is 5.13 Å². The molecule has 1 fully saturated rings. The van der Waals surface area contributed by atoms with E-state index in [2.05, 4.69) is 14.9 Å². The Bertz CT molecular complexity index is 889. The molecule has 7 heteroatoms. The monoisotopic (exact) mass is 357 g/mol. The molecule has 1 aliphatic rings. The maximum atomic E-state index is 11.7. The highest BCUT2D eigenvalue weighted by Crippen LogP contribution is 2.34. The van der Waals surface area contributed by atoms with Crippen molar-refractivity contribution in [1.82, 2.24) is 9.97 Å². The second kappa shape index (κ2) is 6.41. The summed E-state index contributed by atoms with van der Waals surface area (Å²) < 4.78 is 0.649. The first-order valence-corrected chi connectivity index (χ1v) is 9.62. The van der Waals surface area contributed by atoms with Gasteiger partial charge in [0.05, 0.1) is 16.0 Å². The Kier molecular flexibility index (Phi) is 4.12. The van der Waals surface area contributed by atoms with Crippen molar-refractivity contribution in [3.63, 3.8) is 0 Å². The van der Waals surface area contributed by atoms with Gasteiger partial charge in [-0.3, -0.25) is 0 Å². The molecule has 1 aliphatic heterocycles. The molecule has 24 heavy (non-hydrogen) atoms. The van der Waals surface area contributed by atoms with E-state index < -0.39 is 5.97 Å². The number of hydrogen-bond acceptors (Lipinski definition) is 6. The van der Waals surface area contributed by atoms with Gasteiger partial charge in [-0.2, -0.15) is 16.7 Å². The Morgan fingerprint density at radius 1 is 1.12 bits per heavy atom. The Balaban J connectivity index is 1.85. The molecule has 0 unspecified atom stereocenters. The van der Waals surface area contributed by atoms with Gasteiger partial charge in [-0.25, -0.2) is 9.78 Å². The van der Waals surface area contributed by atoms with E-state index in [1.807, 2.05) is 42.1 Å². The highest BCUT2D eigenvalue weighted by molar-refractivity contribution is 7.99. The minimum Gasteiger partial charge on any atom is -0.478 e. The largest absolute Gasteiger partial charge is 0.478 e. The maximum absolute atomic E-state index is 11.7. The standard InChI is InChI=1S/C17H15N3O2S2/c21-16(22)12-10-13(11-4-2-1-3-5-11)18-15-14(12)24-17(19-15)20-6-8-23-9-7-20/h1-5,10H,6-9H2,(H,21,22). The predicted molar refractivity (Wildman–Crippen MR) is 99.3 cm³/mol. The van der Waals surface area contributed by atoms with Gasteiger partial charge in [-0.05, 0) is 6.07 Å². The number of fused-ring (bicyclic) bond motifs is 1. The zero-order valence-corrected chi connectivity index (χ0v) is 14.4. The molecule has 4 rings (SSSR count). The molecule has 0 amide bonds. The first kappa shape index (κ1) is 15.4. The Labute approximate surface area is 147 Å². The number of aromatic carboxylic acids is 1. The number of carboxylic acids is 1. The lowest BCUT2D eigenvalue weighted by Crippen LogP contribution is -2.32. The number of rotatable bonds is 3. The first-order chi connectivity index (χ1) is 11.7. The molecule has 0 radical (unpaired) electrons. The van der Waals surface area contributed by atoms with E-state index in [0.717, 1.165) is 35.3 Å². The summed E-state index contributed by atoms with van der Waals surface area (Å²) in [4.78, 5) is 23.2. The minimum atomic E-state index is -0.941. The topological polar surface area (TPSA) is 66.3 Å². The number of nitrogens with zero attached hydrogens (tertiary/aromatic N) is 3. The summed E-state index contributed by atoms with van der Waals surface area (Å²) in [6.07, 6.45) is 0. The third-order valence-corrected chi connectivity index (χ3v) is 6.01. The van der Waals surface area contributed by atoms with Gasteiger partial charge in [-0.1, -0.05) is 41.7 Å². The normalized spacial score (nSPS) is 14.9. The zero-order valence-electron chi connectivity index (χ0n) is 12.8. The SMILES string of the molecule is O=C(O)c1cc(-c2ccccc2)nc2nc(N3CCSCC3)sc12. The van der Waals surface area contributed by atoms with Crippen molar-refractivity contribution in [1.29, 1.82) is 0 Å². The summed E-state index contributed by atoms with van der Waals surface area (Å²) in [7, 11) is 0. The van der Waals surface area contributed by atoms with Crippen LogP contribution in [0, 0.1) is 0 Å². The number of hydrogen-bond donors (Lipinski definition) is 1. The zero-order chi connectivity index (χ0) is 16.5. The molecule has 5 nitrogen and oxygen atoms in total. The van der Waals surface area contributed by atoms with Crippen molar-refractivity contribution in [3.05, 3.63) is 42.0 Å². The van der Waals surface area contributed by atoms with Gasteiger partial charge in [0.25, 0.3) is 0 Å². The van der Waals surface area contributed by atoms with Gasteiger partial charge in [0.1, 0.15) is 0 Å². The van der Waals surface area contributed by atoms with Crippen molar-refractivity contribution < 1.29 is 9.90 Å². The minimum absolute atomic E-state index is 0.272. The number of pyridine rings is 1. The van der Waals surface area contributed by atoms with E-state index in [-0.39, 0.29) is 5.56 Å². The number of carbonyl (C=O) groups is 1. The lowest BCUT2D eigenvalue weighted by atomic mass is 10.1. The fourth-order valence-corrected chi connectivity index (χ4v) is 4.67. The summed E-state index contributed by atoms with van der Waals surface area (Å²) >= 11 is 3.36. The number of carboxylic acid groups (broad SMARTS) is 1. The third-order valence-electron chi connectivity index (χ3n) is 3.93. The molecule has 2 aromatic heterocycles. The number of anilines is 1. The predicted octanol–water partition coefficient (Wildman–Crippen LogP) is 3.61. The van der Waals surface area contributed by atoms with Crippen LogP contribution in [0.25, 0.3) is 21.6 Å². The molecule has 3 heterocycles. The summed E-state index contributed by atoms with van der Waals surface area (Å²) in [5, 5.41) is 10.5. The quantitative estimate of drug-likeness (QED) is 0.772. The Hall–Kier alpha value is -2.12. The summed E-state index contributed by atoms with van der Waals surface area (Å²) in [6, 6.07) is 11.3. The summed E-state index contributed by atoms with van der Waals surface area (Å²) in [5.74, 6) is 1.21. The second-order valence-electron chi connectivity index (χ2n) is 5.47. The van der Waals surface area contributed by atoms with E-state index in [4.69, 9.17) is 0 Å². The van der Waals surface area contributed by atoms with Crippen LogP contribution in [-0.4, -0.2) is 45.6 Å². The van der Waals surface area contributed by atoms with Crippen LogP contribution in [0.3, 0.4) is 0 Å². The van der Waals surface area contributed by atoms with Crippen LogP contribution in [0.2, 0.25) is 0 Å². The Morgan fingerprint density at radius 3 is 2.58 bits per heavy atom. The van der Waals surface area contributed by atoms with E-state index in [9.17, 15) is 9.90 Å². The van der Waals surface area contributed by atoms with Gasteiger partial charge < -0.3 is 10.0 Å². The van der Waals surface area contributed by atoms with Crippen LogP contribution in [0.1, 0.15) is 10.4 Å². The molecule has 0 spiro atoms. The summed E-state index contributed by atoms with van der Waals surface area (Å²) in [5.41, 5.74) is 2.33. The number of aromatic nitrogens is 2. The van der Waals surface area contributed by atoms with Crippen molar-refractivity contribution in [2.45, 2.75) is 0 Å². The van der Waals surface area contributed by atoms with Gasteiger partial charge in [0.15, 0.2) is 10.8 Å². The van der Waals surface area contributed by atoms with Crippen molar-refractivity contribution >= 4 is 44.5 Å². The van der Waals surface area contributed by atoms with Gasteiger partial charge in [0, 0.05) is 30.2 Å². The fourth-order valence-electron chi connectivity index (χ4n) is 2.71. The number of thioether (sulfide) groups is 1. The molecule has 3 aromatic rings. The van der Waals surface area contributed by atoms with Crippen LogP contribution < -0.4 is 4.90 Å². The molecular formula is C17H15N3O2S2. The van der Waals surface area contributed by atoms with Gasteiger partial charge in [-0.15, -0.1) is 0 Å². The van der Waals surface area contributed by atoms with Crippen LogP contribution in [-0.2, 0) is 0 Å². The third kappa shape index (κ3) is 2.85. The van der Waals surface area contributed by atoms with E-state index in [1.165, 1.54) is 11.3 Å². The fraction of sp³-hybridized carbons (Fsp3) is 0.235. The molecule has 0 bridgehead atoms. The van der Waals surface area contributed by atoms with Gasteiger partial charge >= 0.3 is 5.97 Å². The van der Waals surface area contributed by atoms with Crippen molar-refractivity contribution in [3.8, 4) is 11.3 Å². The smallest absolute Gasteiger partial charge is 0.337 e. The van der Waals surface area contributed by atoms with Crippen LogP contribution >= 0.6 is 23.1 Å². The highest BCUT2D eigenvalue weighted by atomic mass is 32.2. The highest BCUT2D eigenvalue weighted by Gasteiger charge is 2.20. The number of benzene rings is 1. The first-order valence-electron chi connectivity index (χ1n) is 7.65. The lowest BCUT2D eigenvalue weighted by Gasteiger charge is -2.25. The van der Waals surface area contributed by atoms with Crippen LogP contribution in [0.15, 0.2) is 36.4 Å². The van der Waals surface area contributed by atoms with Crippen molar-refractivity contribution in [2.24, 2.45) is 0 Å². The average Bonchev–Trinajstić information content (AvgIpc) is 3.06. The molecule has 0 aliphatic carbocycles. The molecule has 0 saturated carbocycles. The maximum Gasteiger partial charge on any atom is 0.337 e. The van der Waals surface area contributed by atoms with E-state index in [0.29, 0.717) is 16.0 Å². The van der Waals surface area contributed by atoms with Crippen molar-refractivity contribution in [2.75, 3.05) is 29.5 Å². The molecule has 1 aromatic carbocycles. The van der Waals surface area contributed by atoms with E-state index in [1.54, 1.807) is 6.07 Å². The lowest BCUT2D eigenvalue weighted by molar-refractivity contribution is 0.0699. The molecule has 122 valence electrons.